The van der Waals surface area contributed by atoms with Crippen LogP contribution in [0.2, 0.25) is 0 Å². The number of rotatable bonds is 2. The van der Waals surface area contributed by atoms with E-state index in [1.807, 2.05) is 0 Å². The molecule has 96 valence electrons. The first-order valence-electron chi connectivity index (χ1n) is 6.88. The summed E-state index contributed by atoms with van der Waals surface area (Å²) in [4.78, 5) is 9.79. The highest BCUT2D eigenvalue weighted by Gasteiger charge is 2.13. The van der Waals surface area contributed by atoms with Crippen molar-refractivity contribution in [1.29, 1.82) is 0 Å². The highest BCUT2D eigenvalue weighted by Crippen LogP contribution is 2.26. The molecule has 0 saturated heterocycles. The minimum Gasteiger partial charge on any atom is -0.367 e. The van der Waals surface area contributed by atoms with E-state index < -0.39 is 0 Å². The highest BCUT2D eigenvalue weighted by molar-refractivity contribution is 7.16. The topological polar surface area (TPSA) is 37.8 Å². The summed E-state index contributed by atoms with van der Waals surface area (Å²) in [5.41, 5.74) is 0. The van der Waals surface area contributed by atoms with Crippen LogP contribution in [0.15, 0.2) is 17.8 Å². The van der Waals surface area contributed by atoms with Gasteiger partial charge in [0.1, 0.15) is 17.0 Å². The van der Waals surface area contributed by atoms with Gasteiger partial charge in [-0.25, -0.2) is 9.97 Å². The molecule has 1 aliphatic rings. The Bertz CT molecular complexity index is 500. The Morgan fingerprint density at radius 2 is 1.83 bits per heavy atom. The molecule has 0 spiro atoms. The second kappa shape index (κ2) is 5.65. The van der Waals surface area contributed by atoms with Crippen molar-refractivity contribution in [3.63, 3.8) is 0 Å². The molecule has 1 aliphatic carbocycles. The Hall–Kier alpha value is -1.16. The summed E-state index contributed by atoms with van der Waals surface area (Å²) in [6, 6.07) is 2.70. The molecule has 0 bridgehead atoms. The first-order valence-corrected chi connectivity index (χ1v) is 7.76. The van der Waals surface area contributed by atoms with Crippen molar-refractivity contribution in [3.05, 3.63) is 17.8 Å². The smallest absolute Gasteiger partial charge is 0.138 e. The number of fused-ring (bicyclic) bond motifs is 1. The summed E-state index contributed by atoms with van der Waals surface area (Å²) >= 11 is 1.68. The van der Waals surface area contributed by atoms with Gasteiger partial charge in [-0.3, -0.25) is 0 Å². The van der Waals surface area contributed by atoms with Crippen molar-refractivity contribution < 1.29 is 0 Å². The number of hydrogen-bond donors (Lipinski definition) is 1. The van der Waals surface area contributed by atoms with Crippen molar-refractivity contribution in [2.45, 2.75) is 51.0 Å². The summed E-state index contributed by atoms with van der Waals surface area (Å²) in [6.45, 7) is 0. The van der Waals surface area contributed by atoms with Crippen LogP contribution in [0.4, 0.5) is 5.82 Å². The second-order valence-corrected chi connectivity index (χ2v) is 5.94. The highest BCUT2D eigenvalue weighted by atomic mass is 32.1. The van der Waals surface area contributed by atoms with Crippen molar-refractivity contribution in [2.75, 3.05) is 5.32 Å². The number of hydrogen-bond acceptors (Lipinski definition) is 4. The van der Waals surface area contributed by atoms with Gasteiger partial charge in [0.05, 0.1) is 5.39 Å². The van der Waals surface area contributed by atoms with E-state index in [1.165, 1.54) is 50.3 Å². The third-order valence-electron chi connectivity index (χ3n) is 3.71. The minimum absolute atomic E-state index is 0.586. The third-order valence-corrected chi connectivity index (χ3v) is 4.53. The fourth-order valence-corrected chi connectivity index (χ4v) is 3.43. The van der Waals surface area contributed by atoms with E-state index in [4.69, 9.17) is 0 Å². The van der Waals surface area contributed by atoms with Crippen molar-refractivity contribution >= 4 is 27.4 Å². The van der Waals surface area contributed by atoms with E-state index in [9.17, 15) is 0 Å². The van der Waals surface area contributed by atoms with Gasteiger partial charge in [0.15, 0.2) is 0 Å². The zero-order valence-electron chi connectivity index (χ0n) is 10.6. The van der Waals surface area contributed by atoms with Gasteiger partial charge in [-0.15, -0.1) is 11.3 Å². The Balaban J connectivity index is 1.76. The molecule has 0 radical (unpaired) electrons. The number of anilines is 1. The van der Waals surface area contributed by atoms with Gasteiger partial charge in [0, 0.05) is 6.04 Å². The second-order valence-electron chi connectivity index (χ2n) is 5.05. The molecule has 2 heterocycles. The predicted octanol–water partition coefficient (Wildman–Crippen LogP) is 4.22. The Morgan fingerprint density at radius 1 is 1.06 bits per heavy atom. The molecule has 0 aromatic carbocycles. The molecule has 0 amide bonds. The van der Waals surface area contributed by atoms with Crippen LogP contribution in [0.1, 0.15) is 44.9 Å². The van der Waals surface area contributed by atoms with Gasteiger partial charge in [-0.05, 0) is 24.3 Å². The summed E-state index contributed by atoms with van der Waals surface area (Å²) < 4.78 is 0. The molecular weight excluding hydrogens is 242 g/mol. The Labute approximate surface area is 112 Å². The maximum absolute atomic E-state index is 4.41. The van der Waals surface area contributed by atoms with Gasteiger partial charge in [-0.1, -0.05) is 32.1 Å². The average Bonchev–Trinajstić information content (AvgIpc) is 2.81. The van der Waals surface area contributed by atoms with Crippen molar-refractivity contribution in [3.8, 4) is 0 Å². The van der Waals surface area contributed by atoms with E-state index in [0.717, 1.165) is 10.6 Å². The molecule has 2 aromatic heterocycles. The fraction of sp³-hybridized carbons (Fsp3) is 0.571. The van der Waals surface area contributed by atoms with Crippen LogP contribution in [0.25, 0.3) is 10.2 Å². The third kappa shape index (κ3) is 2.64. The molecule has 4 heteroatoms. The molecule has 1 fully saturated rings. The SMILES string of the molecule is c1nc(NC2CCCCCCC2)c2ccsc2n1. The average molecular weight is 261 g/mol. The van der Waals surface area contributed by atoms with Gasteiger partial charge in [-0.2, -0.15) is 0 Å². The van der Waals surface area contributed by atoms with E-state index >= 15 is 0 Å². The van der Waals surface area contributed by atoms with Crippen molar-refractivity contribution in [1.82, 2.24) is 9.97 Å². The molecule has 3 rings (SSSR count). The van der Waals surface area contributed by atoms with Crippen LogP contribution in [0.3, 0.4) is 0 Å². The molecule has 0 unspecified atom stereocenters. The van der Waals surface area contributed by atoms with Crippen LogP contribution in [0.5, 0.6) is 0 Å². The lowest BCUT2D eigenvalue weighted by Gasteiger charge is -2.21. The molecule has 2 aromatic rings. The first kappa shape index (κ1) is 11.9. The van der Waals surface area contributed by atoms with Crippen LogP contribution in [-0.4, -0.2) is 16.0 Å². The zero-order valence-corrected chi connectivity index (χ0v) is 11.4. The lowest BCUT2D eigenvalue weighted by Crippen LogP contribution is -2.21. The normalized spacial score (nSPS) is 18.4. The van der Waals surface area contributed by atoms with E-state index in [1.54, 1.807) is 17.7 Å². The first-order chi connectivity index (χ1) is 8.93. The van der Waals surface area contributed by atoms with Crippen LogP contribution in [0, 0.1) is 0 Å². The Morgan fingerprint density at radius 3 is 2.67 bits per heavy atom. The molecule has 1 saturated carbocycles. The predicted molar refractivity (Wildman–Crippen MR) is 77.1 cm³/mol. The summed E-state index contributed by atoms with van der Waals surface area (Å²) in [5.74, 6) is 1.02. The zero-order chi connectivity index (χ0) is 12.2. The maximum Gasteiger partial charge on any atom is 0.138 e. The number of nitrogens with zero attached hydrogens (tertiary/aromatic N) is 2. The molecule has 18 heavy (non-hydrogen) atoms. The Kier molecular flexibility index (Phi) is 3.74. The van der Waals surface area contributed by atoms with E-state index in [-0.39, 0.29) is 0 Å². The van der Waals surface area contributed by atoms with Crippen LogP contribution in [-0.2, 0) is 0 Å². The van der Waals surface area contributed by atoms with Gasteiger partial charge < -0.3 is 5.32 Å². The largest absolute Gasteiger partial charge is 0.367 e. The quantitative estimate of drug-likeness (QED) is 0.879. The molecule has 0 aliphatic heterocycles. The molecule has 0 atom stereocenters. The number of aromatic nitrogens is 2. The maximum atomic E-state index is 4.41. The number of nitrogens with one attached hydrogen (secondary N) is 1. The van der Waals surface area contributed by atoms with Crippen LogP contribution >= 0.6 is 11.3 Å². The van der Waals surface area contributed by atoms with Gasteiger partial charge in [0.2, 0.25) is 0 Å². The van der Waals surface area contributed by atoms with E-state index in [2.05, 4.69) is 26.7 Å². The summed E-state index contributed by atoms with van der Waals surface area (Å²) in [7, 11) is 0. The monoisotopic (exact) mass is 261 g/mol. The molecular formula is C14H19N3S. The molecule has 1 N–H and O–H groups in total. The number of thiophene rings is 1. The fourth-order valence-electron chi connectivity index (χ4n) is 2.70. The summed E-state index contributed by atoms with van der Waals surface area (Å²) in [5, 5.41) is 6.89. The van der Waals surface area contributed by atoms with Gasteiger partial charge in [0.25, 0.3) is 0 Å². The summed E-state index contributed by atoms with van der Waals surface area (Å²) in [6.07, 6.45) is 11.1. The molecule has 3 nitrogen and oxygen atoms in total. The lowest BCUT2D eigenvalue weighted by molar-refractivity contribution is 0.471. The van der Waals surface area contributed by atoms with Gasteiger partial charge >= 0.3 is 0 Å². The van der Waals surface area contributed by atoms with Crippen molar-refractivity contribution in [2.24, 2.45) is 0 Å². The lowest BCUT2D eigenvalue weighted by atomic mass is 9.97. The van der Waals surface area contributed by atoms with Crippen LogP contribution < -0.4 is 5.32 Å². The van der Waals surface area contributed by atoms with E-state index in [0.29, 0.717) is 6.04 Å². The minimum atomic E-state index is 0.586. The standard InChI is InChI=1S/C14H19N3S/c1-2-4-6-11(7-5-3-1)17-13-12-8-9-18-14(12)16-10-15-13/h8-11H,1-7H2,(H,15,16,17).